The minimum atomic E-state index is -0.382. The van der Waals surface area contributed by atoms with E-state index in [4.69, 9.17) is 14.6 Å². The minimum absolute atomic E-state index is 0.220. The van der Waals surface area contributed by atoms with Gasteiger partial charge in [-0.3, -0.25) is 15.0 Å². The van der Waals surface area contributed by atoms with Crippen molar-refractivity contribution in [3.63, 3.8) is 0 Å². The van der Waals surface area contributed by atoms with E-state index < -0.39 is 0 Å². The molecular weight excluding hydrogens is 757 g/mol. The molecular formula is C46H56N10O4. The maximum absolute atomic E-state index is 13.5. The summed E-state index contributed by atoms with van der Waals surface area (Å²) in [6, 6.07) is 21.0. The lowest BCUT2D eigenvalue weighted by molar-refractivity contribution is 0.0318. The number of hydrogen-bond donors (Lipinski definition) is 4. The lowest BCUT2D eigenvalue weighted by Crippen LogP contribution is -2.43. The SMILES string of the molecule is C=C(/C=C\N=C(C)Nc1cnc(C(=O)NCCN2CCC[C@H](OC)C2)cn1)COc1ccc(NC(=O)Nc2cc(C(C)CCC)nn2-c2ccc(C)cc2)c2ccccc12. The first-order valence-electron chi connectivity index (χ1n) is 20.5. The van der Waals surface area contributed by atoms with Crippen LogP contribution >= 0.6 is 0 Å². The van der Waals surface area contributed by atoms with E-state index in [-0.39, 0.29) is 36.3 Å². The van der Waals surface area contributed by atoms with Crippen molar-refractivity contribution in [3.8, 4) is 11.4 Å². The summed E-state index contributed by atoms with van der Waals surface area (Å²) in [6.07, 6.45) is 10.8. The first-order valence-corrected chi connectivity index (χ1v) is 20.5. The van der Waals surface area contributed by atoms with Gasteiger partial charge in [0.25, 0.3) is 5.91 Å². The van der Waals surface area contributed by atoms with E-state index in [1.165, 1.54) is 12.4 Å². The second-order valence-corrected chi connectivity index (χ2v) is 15.1. The molecule has 0 radical (unpaired) electrons. The number of nitrogens with zero attached hydrogens (tertiary/aromatic N) is 6. The number of urea groups is 1. The summed E-state index contributed by atoms with van der Waals surface area (Å²) in [5.74, 6) is 2.26. The molecule has 1 unspecified atom stereocenters. The molecule has 314 valence electrons. The van der Waals surface area contributed by atoms with Gasteiger partial charge in [-0.15, -0.1) is 0 Å². The second kappa shape index (κ2) is 21.0. The molecule has 2 atom stereocenters. The standard InChI is InChI=1S/C46H56N10O4/c1-7-11-33(4)40-26-44(56(54-40)35-17-15-31(2)16-18-35)53-46(58)52-39-19-20-42(38-14-9-8-13-37(38)39)60-30-32(3)21-22-47-34(5)51-43-28-49-41(27-50-43)45(57)48-23-25-55-24-10-12-36(29-55)59-6/h8-9,13-22,26-28,33,36H,3,7,10-12,23-25,29-30H2,1-2,4-6H3,(H,48,57)(H,47,50,51)(H2,52,53,58)/b22-21-/t33?,36-/m0/s1. The number of ether oxygens (including phenoxy) is 2. The Balaban J connectivity index is 0.999. The van der Waals surface area contributed by atoms with Crippen molar-refractivity contribution in [2.45, 2.75) is 65.4 Å². The summed E-state index contributed by atoms with van der Waals surface area (Å²) in [6.45, 7) is 15.7. The molecule has 5 aromatic rings. The van der Waals surface area contributed by atoms with Crippen LogP contribution in [0, 0.1) is 6.92 Å². The number of nitrogens with one attached hydrogen (secondary N) is 4. The molecule has 0 aliphatic carbocycles. The van der Waals surface area contributed by atoms with E-state index in [1.807, 2.05) is 73.7 Å². The number of piperidine rings is 1. The van der Waals surface area contributed by atoms with Crippen molar-refractivity contribution >= 4 is 45.9 Å². The highest BCUT2D eigenvalue weighted by Crippen LogP contribution is 2.32. The number of amides is 3. The van der Waals surface area contributed by atoms with Crippen LogP contribution in [0.2, 0.25) is 0 Å². The third-order valence-electron chi connectivity index (χ3n) is 10.3. The van der Waals surface area contributed by atoms with Gasteiger partial charge in [-0.05, 0) is 75.6 Å². The fourth-order valence-corrected chi connectivity index (χ4v) is 7.00. The quantitative estimate of drug-likeness (QED) is 0.0410. The van der Waals surface area contributed by atoms with Gasteiger partial charge in [-0.25, -0.2) is 24.4 Å². The number of benzene rings is 3. The molecule has 4 N–H and O–H groups in total. The van der Waals surface area contributed by atoms with Crippen LogP contribution in [0.25, 0.3) is 16.5 Å². The highest BCUT2D eigenvalue weighted by atomic mass is 16.5. The maximum atomic E-state index is 13.5. The Labute approximate surface area is 352 Å². The first kappa shape index (κ1) is 43.2. The fourth-order valence-electron chi connectivity index (χ4n) is 7.00. The summed E-state index contributed by atoms with van der Waals surface area (Å²) < 4.78 is 13.5. The van der Waals surface area contributed by atoms with Crippen molar-refractivity contribution < 1.29 is 19.1 Å². The molecule has 2 aromatic heterocycles. The molecule has 1 aliphatic rings. The van der Waals surface area contributed by atoms with Gasteiger partial charge >= 0.3 is 6.03 Å². The highest BCUT2D eigenvalue weighted by Gasteiger charge is 2.20. The number of carbonyl (C=O) groups is 2. The van der Waals surface area contributed by atoms with E-state index in [9.17, 15) is 9.59 Å². The van der Waals surface area contributed by atoms with Crippen LogP contribution in [0.5, 0.6) is 5.75 Å². The monoisotopic (exact) mass is 812 g/mol. The molecule has 1 aliphatic heterocycles. The largest absolute Gasteiger partial charge is 0.488 e. The van der Waals surface area contributed by atoms with Gasteiger partial charge < -0.3 is 25.4 Å². The second-order valence-electron chi connectivity index (χ2n) is 15.1. The zero-order valence-electron chi connectivity index (χ0n) is 35.2. The van der Waals surface area contributed by atoms with Gasteiger partial charge in [0.15, 0.2) is 0 Å². The molecule has 0 bridgehead atoms. The number of hydrogen-bond acceptors (Lipinski definition) is 9. The van der Waals surface area contributed by atoms with Crippen LogP contribution in [0.3, 0.4) is 0 Å². The van der Waals surface area contributed by atoms with Crippen LogP contribution in [0.1, 0.15) is 74.1 Å². The van der Waals surface area contributed by atoms with Crippen LogP contribution in [0.15, 0.2) is 109 Å². The minimum Gasteiger partial charge on any atom is -0.488 e. The Morgan fingerprint density at radius 3 is 2.58 bits per heavy atom. The molecule has 3 aromatic carbocycles. The van der Waals surface area contributed by atoms with Gasteiger partial charge in [0.05, 0.1) is 35.6 Å². The summed E-state index contributed by atoms with van der Waals surface area (Å²) in [7, 11) is 1.74. The normalized spacial score (nSPS) is 15.2. The number of aromatic nitrogens is 4. The van der Waals surface area contributed by atoms with Gasteiger partial charge in [-0.2, -0.15) is 5.10 Å². The average molecular weight is 813 g/mol. The summed E-state index contributed by atoms with van der Waals surface area (Å²) in [5.41, 5.74) is 4.52. The number of methoxy groups -OCH3 is 1. The van der Waals surface area contributed by atoms with E-state index in [2.05, 4.69) is 61.6 Å². The van der Waals surface area contributed by atoms with Crippen molar-refractivity contribution in [2.24, 2.45) is 4.99 Å². The Kier molecular flexibility index (Phi) is 15.2. The third-order valence-corrected chi connectivity index (χ3v) is 10.3. The summed E-state index contributed by atoms with van der Waals surface area (Å²) >= 11 is 0. The van der Waals surface area contributed by atoms with Crippen molar-refractivity contribution in [3.05, 3.63) is 121 Å². The Morgan fingerprint density at radius 2 is 1.83 bits per heavy atom. The van der Waals surface area contributed by atoms with Gasteiger partial charge in [-0.1, -0.05) is 68.8 Å². The Hall–Kier alpha value is -6.38. The first-order chi connectivity index (χ1) is 29.1. The molecule has 14 nitrogen and oxygen atoms in total. The fraction of sp³-hybridized carbons (Fsp3) is 0.348. The lowest BCUT2D eigenvalue weighted by Gasteiger charge is -2.31. The molecule has 6 rings (SSSR count). The third kappa shape index (κ3) is 11.9. The Morgan fingerprint density at radius 1 is 1.03 bits per heavy atom. The zero-order chi connectivity index (χ0) is 42.4. The van der Waals surface area contributed by atoms with Crippen LogP contribution < -0.4 is 26.0 Å². The van der Waals surface area contributed by atoms with E-state index in [0.29, 0.717) is 41.0 Å². The molecule has 3 amide bonds. The number of carbonyl (C=O) groups excluding carboxylic acids is 2. The summed E-state index contributed by atoms with van der Waals surface area (Å²) in [4.78, 5) is 41.4. The van der Waals surface area contributed by atoms with E-state index in [1.54, 1.807) is 31.0 Å². The van der Waals surface area contributed by atoms with E-state index >= 15 is 0 Å². The van der Waals surface area contributed by atoms with Crippen molar-refractivity contribution in [1.29, 1.82) is 0 Å². The number of aliphatic imine (C=N–C) groups is 1. The predicted octanol–water partition coefficient (Wildman–Crippen LogP) is 8.49. The van der Waals surface area contributed by atoms with E-state index in [0.717, 1.165) is 73.0 Å². The number of rotatable bonds is 17. The number of amidine groups is 1. The number of fused-ring (bicyclic) bond motifs is 1. The van der Waals surface area contributed by atoms with Crippen molar-refractivity contribution in [2.75, 3.05) is 55.8 Å². The Bertz CT molecular complexity index is 2300. The molecule has 14 heteroatoms. The van der Waals surface area contributed by atoms with Crippen molar-refractivity contribution in [1.82, 2.24) is 30.0 Å². The van der Waals surface area contributed by atoms with Crippen LogP contribution in [-0.4, -0.2) is 88.4 Å². The van der Waals surface area contributed by atoms with Crippen LogP contribution in [0.4, 0.5) is 22.1 Å². The maximum Gasteiger partial charge on any atom is 0.324 e. The number of anilines is 3. The lowest BCUT2D eigenvalue weighted by atomic mass is 10.0. The highest BCUT2D eigenvalue weighted by molar-refractivity contribution is 6.07. The molecule has 0 spiro atoms. The molecule has 1 fully saturated rings. The zero-order valence-corrected chi connectivity index (χ0v) is 35.2. The average Bonchev–Trinajstić information content (AvgIpc) is 3.67. The number of likely N-dealkylation sites (tertiary alicyclic amines) is 1. The predicted molar refractivity (Wildman–Crippen MR) is 240 cm³/mol. The summed E-state index contributed by atoms with van der Waals surface area (Å²) in [5, 5.41) is 18.6. The van der Waals surface area contributed by atoms with Crippen LogP contribution in [-0.2, 0) is 4.74 Å². The van der Waals surface area contributed by atoms with Gasteiger partial charge in [0, 0.05) is 55.7 Å². The van der Waals surface area contributed by atoms with Gasteiger partial charge in [0.2, 0.25) is 0 Å². The number of aryl methyl sites for hydroxylation is 1. The smallest absolute Gasteiger partial charge is 0.324 e. The van der Waals surface area contributed by atoms with Gasteiger partial charge in [0.1, 0.15) is 35.5 Å². The topological polar surface area (TPSA) is 160 Å². The molecule has 1 saturated heterocycles. The molecule has 3 heterocycles. The molecule has 60 heavy (non-hydrogen) atoms. The molecule has 0 saturated carbocycles.